The van der Waals surface area contributed by atoms with Crippen LogP contribution in [0.2, 0.25) is 0 Å². The Hall–Kier alpha value is -1.88. The Bertz CT molecular complexity index is 511. The fraction of sp³-hybridized carbons (Fsp3) is 0.385. The van der Waals surface area contributed by atoms with Gasteiger partial charge in [-0.05, 0) is 18.9 Å². The van der Waals surface area contributed by atoms with Gasteiger partial charge in [0.25, 0.3) is 0 Å². The minimum atomic E-state index is -0.400. The van der Waals surface area contributed by atoms with E-state index >= 15 is 0 Å². The van der Waals surface area contributed by atoms with E-state index in [1.165, 1.54) is 0 Å². The molecule has 3 rings (SSSR count). The van der Waals surface area contributed by atoms with E-state index in [0.29, 0.717) is 17.9 Å². The van der Waals surface area contributed by atoms with Gasteiger partial charge in [0.1, 0.15) is 5.75 Å². The number of fused-ring (bicyclic) bond motifs is 2. The summed E-state index contributed by atoms with van der Waals surface area (Å²) in [5, 5.41) is 10.8. The minimum absolute atomic E-state index is 0.0425. The van der Waals surface area contributed by atoms with Crippen LogP contribution in [-0.2, 0) is 4.74 Å². The molecule has 0 saturated carbocycles. The van der Waals surface area contributed by atoms with Crippen molar-refractivity contribution < 1.29 is 14.4 Å². The fourth-order valence-electron chi connectivity index (χ4n) is 2.58. The molecule has 0 bridgehead atoms. The van der Waals surface area contributed by atoms with Gasteiger partial charge in [0.15, 0.2) is 0 Å². The summed E-state index contributed by atoms with van der Waals surface area (Å²) in [6.45, 7) is 0.648. The van der Waals surface area contributed by atoms with Crippen molar-refractivity contribution in [3.05, 3.63) is 46.1 Å². The quantitative estimate of drug-likeness (QED) is 0.565. The van der Waals surface area contributed by atoms with Gasteiger partial charge in [0.2, 0.25) is 12.5 Å². The van der Waals surface area contributed by atoms with Crippen molar-refractivity contribution in [2.75, 3.05) is 6.61 Å². The molecule has 2 heterocycles. The van der Waals surface area contributed by atoms with Crippen LogP contribution in [0.25, 0.3) is 5.57 Å². The van der Waals surface area contributed by atoms with Crippen LogP contribution in [0.4, 0.5) is 0 Å². The number of ether oxygens (including phenoxy) is 2. The van der Waals surface area contributed by atoms with Crippen molar-refractivity contribution in [3.63, 3.8) is 0 Å². The Balaban J connectivity index is 2.09. The maximum absolute atomic E-state index is 10.8. The van der Waals surface area contributed by atoms with Crippen LogP contribution >= 0.6 is 0 Å². The summed E-state index contributed by atoms with van der Waals surface area (Å²) in [6, 6.07) is 7.39. The van der Waals surface area contributed by atoms with Gasteiger partial charge < -0.3 is 9.47 Å². The first-order chi connectivity index (χ1) is 8.75. The zero-order valence-electron chi connectivity index (χ0n) is 9.74. The molecule has 0 spiro atoms. The number of rotatable bonds is 1. The number of benzene rings is 1. The zero-order chi connectivity index (χ0) is 12.5. The molecule has 1 fully saturated rings. The molecule has 0 N–H and O–H groups in total. The van der Waals surface area contributed by atoms with Gasteiger partial charge >= 0.3 is 0 Å². The third-order valence-corrected chi connectivity index (χ3v) is 3.36. The Morgan fingerprint density at radius 3 is 3.06 bits per heavy atom. The molecule has 94 valence electrons. The van der Waals surface area contributed by atoms with E-state index in [2.05, 4.69) is 0 Å². The number of hydrogen-bond donors (Lipinski definition) is 0. The van der Waals surface area contributed by atoms with Gasteiger partial charge in [-0.15, -0.1) is 0 Å². The molecule has 0 aromatic heterocycles. The molecule has 1 saturated heterocycles. The van der Waals surface area contributed by atoms with Crippen molar-refractivity contribution >= 4 is 5.57 Å². The number of nitrogens with zero attached hydrogens (tertiary/aromatic N) is 1. The number of para-hydroxylation sites is 1. The van der Waals surface area contributed by atoms with Gasteiger partial charge in [0, 0.05) is 11.1 Å². The fourth-order valence-corrected chi connectivity index (χ4v) is 2.58. The van der Waals surface area contributed by atoms with Gasteiger partial charge in [0.05, 0.1) is 17.4 Å². The standard InChI is InChI=1S/C13H13NO4/c15-14(16)8-11-9-4-1-2-6-12(9)18-13-10(11)5-3-7-17-13/h1-2,4,6,8,10,13H,3,5,7H2/b11-8-/t10-,13+/m1/s1. The van der Waals surface area contributed by atoms with E-state index < -0.39 is 4.92 Å². The molecule has 5 nitrogen and oxygen atoms in total. The zero-order valence-corrected chi connectivity index (χ0v) is 9.74. The predicted octanol–water partition coefficient (Wildman–Crippen LogP) is 2.45. The largest absolute Gasteiger partial charge is 0.464 e. The highest BCUT2D eigenvalue weighted by Gasteiger charge is 2.38. The van der Waals surface area contributed by atoms with E-state index in [9.17, 15) is 10.1 Å². The van der Waals surface area contributed by atoms with Crippen molar-refractivity contribution in [3.8, 4) is 5.75 Å². The Kier molecular flexibility index (Phi) is 2.76. The molecule has 5 heteroatoms. The predicted molar refractivity (Wildman–Crippen MR) is 64.5 cm³/mol. The summed E-state index contributed by atoms with van der Waals surface area (Å²) >= 11 is 0. The van der Waals surface area contributed by atoms with Crippen LogP contribution in [0.5, 0.6) is 5.75 Å². The molecule has 0 radical (unpaired) electrons. The van der Waals surface area contributed by atoms with E-state index in [-0.39, 0.29) is 12.2 Å². The molecular formula is C13H13NO4. The van der Waals surface area contributed by atoms with E-state index in [1.54, 1.807) is 0 Å². The first kappa shape index (κ1) is 11.2. The second kappa shape index (κ2) is 4.42. The van der Waals surface area contributed by atoms with Gasteiger partial charge in [-0.25, -0.2) is 0 Å². The number of nitro groups is 1. The Morgan fingerprint density at radius 1 is 1.39 bits per heavy atom. The highest BCUT2D eigenvalue weighted by Crippen LogP contribution is 2.43. The summed E-state index contributed by atoms with van der Waals surface area (Å²) in [7, 11) is 0. The summed E-state index contributed by atoms with van der Waals surface area (Å²) in [5.41, 5.74) is 1.52. The van der Waals surface area contributed by atoms with Gasteiger partial charge in [-0.3, -0.25) is 10.1 Å². The molecule has 2 aliphatic heterocycles. The van der Waals surface area contributed by atoms with Crippen molar-refractivity contribution in [2.24, 2.45) is 5.92 Å². The van der Waals surface area contributed by atoms with E-state index in [4.69, 9.17) is 9.47 Å². The molecule has 2 atom stereocenters. The average Bonchev–Trinajstić information content (AvgIpc) is 2.38. The summed E-state index contributed by atoms with van der Waals surface area (Å²) in [5.74, 6) is 0.618. The molecular weight excluding hydrogens is 234 g/mol. The summed E-state index contributed by atoms with van der Waals surface area (Å²) < 4.78 is 11.3. The Morgan fingerprint density at radius 2 is 2.22 bits per heavy atom. The highest BCUT2D eigenvalue weighted by molar-refractivity contribution is 5.73. The lowest BCUT2D eigenvalue weighted by molar-refractivity contribution is -0.402. The lowest BCUT2D eigenvalue weighted by Gasteiger charge is -2.37. The Labute approximate surface area is 104 Å². The van der Waals surface area contributed by atoms with Crippen LogP contribution in [0.1, 0.15) is 18.4 Å². The average molecular weight is 247 g/mol. The first-order valence-electron chi connectivity index (χ1n) is 5.98. The van der Waals surface area contributed by atoms with Crippen molar-refractivity contribution in [2.45, 2.75) is 19.1 Å². The van der Waals surface area contributed by atoms with Crippen LogP contribution < -0.4 is 4.74 Å². The second-order valence-corrected chi connectivity index (χ2v) is 4.47. The lowest BCUT2D eigenvalue weighted by atomic mass is 9.85. The molecule has 0 amide bonds. The topological polar surface area (TPSA) is 61.6 Å². The third kappa shape index (κ3) is 1.86. The molecule has 1 aromatic rings. The van der Waals surface area contributed by atoms with Crippen LogP contribution in [0.15, 0.2) is 30.5 Å². The SMILES string of the molecule is O=[N+]([O-])/C=C1/c2ccccc2O[C@@H]2OCCC[C@H]12. The van der Waals surface area contributed by atoms with Crippen LogP contribution in [-0.4, -0.2) is 17.8 Å². The minimum Gasteiger partial charge on any atom is -0.464 e. The van der Waals surface area contributed by atoms with Crippen LogP contribution in [0.3, 0.4) is 0 Å². The number of hydrogen-bond acceptors (Lipinski definition) is 4. The normalized spacial score (nSPS) is 28.1. The molecule has 18 heavy (non-hydrogen) atoms. The molecule has 0 unspecified atom stereocenters. The van der Waals surface area contributed by atoms with E-state index in [0.717, 1.165) is 24.6 Å². The van der Waals surface area contributed by atoms with Crippen molar-refractivity contribution in [1.82, 2.24) is 0 Å². The third-order valence-electron chi connectivity index (χ3n) is 3.36. The molecule has 2 aliphatic rings. The second-order valence-electron chi connectivity index (χ2n) is 4.47. The molecule has 1 aromatic carbocycles. The molecule has 0 aliphatic carbocycles. The van der Waals surface area contributed by atoms with Gasteiger partial charge in [-0.2, -0.15) is 0 Å². The monoisotopic (exact) mass is 247 g/mol. The van der Waals surface area contributed by atoms with Crippen molar-refractivity contribution in [1.29, 1.82) is 0 Å². The lowest BCUT2D eigenvalue weighted by Crippen LogP contribution is -2.38. The smallest absolute Gasteiger partial charge is 0.238 e. The van der Waals surface area contributed by atoms with E-state index in [1.807, 2.05) is 24.3 Å². The maximum Gasteiger partial charge on any atom is 0.238 e. The first-order valence-corrected chi connectivity index (χ1v) is 5.98. The van der Waals surface area contributed by atoms with Gasteiger partial charge in [-0.1, -0.05) is 18.2 Å². The van der Waals surface area contributed by atoms with Crippen LogP contribution in [0, 0.1) is 16.0 Å². The maximum atomic E-state index is 10.8. The summed E-state index contributed by atoms with van der Waals surface area (Å²) in [4.78, 5) is 10.4. The highest BCUT2D eigenvalue weighted by atomic mass is 16.7. The summed E-state index contributed by atoms with van der Waals surface area (Å²) in [6.07, 6.45) is 2.47.